The van der Waals surface area contributed by atoms with Crippen LogP contribution in [0.5, 0.6) is 0 Å². The van der Waals surface area contributed by atoms with Crippen molar-refractivity contribution in [2.75, 3.05) is 16.3 Å². The molecule has 29 heavy (non-hydrogen) atoms. The van der Waals surface area contributed by atoms with Gasteiger partial charge in [-0.1, -0.05) is 24.3 Å². The Morgan fingerprint density at radius 3 is 2.34 bits per heavy atom. The smallest absolute Gasteiger partial charge is 0.255 e. The number of furan rings is 1. The van der Waals surface area contributed by atoms with Gasteiger partial charge in [-0.3, -0.25) is 9.52 Å². The number of fused-ring (bicyclic) bond motifs is 1. The van der Waals surface area contributed by atoms with E-state index in [1.807, 2.05) is 42.5 Å². The number of carbonyl (C=O) groups excluding carboxylic acids is 1. The van der Waals surface area contributed by atoms with Gasteiger partial charge in [0, 0.05) is 27.9 Å². The van der Waals surface area contributed by atoms with Gasteiger partial charge in [-0.25, -0.2) is 8.42 Å². The lowest BCUT2D eigenvalue weighted by molar-refractivity contribution is 0.102. The molecule has 0 fully saturated rings. The minimum absolute atomic E-state index is 0.334. The van der Waals surface area contributed by atoms with Crippen LogP contribution in [0.15, 0.2) is 83.3 Å². The second-order valence-corrected chi connectivity index (χ2v) is 8.38. The maximum atomic E-state index is 12.5. The summed E-state index contributed by atoms with van der Waals surface area (Å²) >= 11 is 0. The van der Waals surface area contributed by atoms with Crippen LogP contribution in [0.1, 0.15) is 10.4 Å². The molecule has 1 aromatic heterocycles. The van der Waals surface area contributed by atoms with Crippen molar-refractivity contribution in [1.29, 1.82) is 0 Å². The molecule has 0 unspecified atom stereocenters. The van der Waals surface area contributed by atoms with Gasteiger partial charge in [-0.2, -0.15) is 0 Å². The van der Waals surface area contributed by atoms with E-state index < -0.39 is 10.0 Å². The van der Waals surface area contributed by atoms with E-state index in [0.717, 1.165) is 28.5 Å². The van der Waals surface area contributed by atoms with Crippen LogP contribution in [0.4, 0.5) is 11.4 Å². The highest BCUT2D eigenvalue weighted by Gasteiger charge is 2.10. The van der Waals surface area contributed by atoms with Gasteiger partial charge in [0.2, 0.25) is 10.0 Å². The molecule has 0 aliphatic carbocycles. The summed E-state index contributed by atoms with van der Waals surface area (Å²) < 4.78 is 30.9. The molecule has 1 heterocycles. The molecule has 0 saturated heterocycles. The van der Waals surface area contributed by atoms with Crippen molar-refractivity contribution in [3.8, 4) is 11.3 Å². The zero-order valence-corrected chi connectivity index (χ0v) is 16.4. The number of sulfonamides is 1. The molecule has 0 radical (unpaired) electrons. The predicted molar refractivity (Wildman–Crippen MR) is 115 cm³/mol. The Morgan fingerprint density at radius 2 is 1.62 bits per heavy atom. The zero-order chi connectivity index (χ0) is 20.4. The first-order valence-electron chi connectivity index (χ1n) is 8.86. The zero-order valence-electron chi connectivity index (χ0n) is 15.5. The monoisotopic (exact) mass is 406 g/mol. The summed E-state index contributed by atoms with van der Waals surface area (Å²) in [5.41, 5.74) is 3.03. The summed E-state index contributed by atoms with van der Waals surface area (Å²) in [5.74, 6) is 0.419. The third kappa shape index (κ3) is 4.47. The minimum atomic E-state index is -3.41. The first-order chi connectivity index (χ1) is 13.9. The standard InChI is InChI=1S/C22H18N2O4S/c1-29(26,27)24-19-7-4-6-17(13-19)22(25)23-18-11-9-15(10-12-18)21-14-16-5-2-3-8-20(16)28-21/h2-14,24H,1H3,(H,23,25). The highest BCUT2D eigenvalue weighted by atomic mass is 32.2. The maximum absolute atomic E-state index is 12.5. The Bertz CT molecular complexity index is 1260. The third-order valence-electron chi connectivity index (χ3n) is 4.28. The molecule has 6 nitrogen and oxygen atoms in total. The molecule has 1 amide bonds. The van der Waals surface area contributed by atoms with E-state index in [2.05, 4.69) is 10.0 Å². The number of carbonyl (C=O) groups is 1. The quantitative estimate of drug-likeness (QED) is 0.502. The molecule has 7 heteroatoms. The van der Waals surface area contributed by atoms with E-state index >= 15 is 0 Å². The SMILES string of the molecule is CS(=O)(=O)Nc1cccc(C(=O)Nc2ccc(-c3cc4ccccc4o3)cc2)c1. The van der Waals surface area contributed by atoms with Crippen LogP contribution in [-0.4, -0.2) is 20.6 Å². The first kappa shape index (κ1) is 18.8. The molecule has 4 rings (SSSR count). The Labute approximate surface area is 168 Å². The number of hydrogen-bond acceptors (Lipinski definition) is 4. The Balaban J connectivity index is 1.50. The maximum Gasteiger partial charge on any atom is 0.255 e. The number of hydrogen-bond donors (Lipinski definition) is 2. The van der Waals surface area contributed by atoms with Crippen LogP contribution in [0.25, 0.3) is 22.3 Å². The van der Waals surface area contributed by atoms with Crippen molar-refractivity contribution in [2.45, 2.75) is 0 Å². The van der Waals surface area contributed by atoms with Crippen molar-refractivity contribution < 1.29 is 17.6 Å². The number of para-hydroxylation sites is 1. The Kier molecular flexibility index (Phi) is 4.82. The molecule has 4 aromatic rings. The average Bonchev–Trinajstić information content (AvgIpc) is 3.11. The molecule has 0 saturated carbocycles. The largest absolute Gasteiger partial charge is 0.456 e. The van der Waals surface area contributed by atoms with Crippen LogP contribution in [0.3, 0.4) is 0 Å². The highest BCUT2D eigenvalue weighted by Crippen LogP contribution is 2.28. The van der Waals surface area contributed by atoms with Crippen LogP contribution in [-0.2, 0) is 10.0 Å². The fourth-order valence-corrected chi connectivity index (χ4v) is 3.54. The van der Waals surface area contributed by atoms with Crippen LogP contribution < -0.4 is 10.0 Å². The molecule has 3 aromatic carbocycles. The second-order valence-electron chi connectivity index (χ2n) is 6.63. The fraction of sp³-hybridized carbons (Fsp3) is 0.0455. The third-order valence-corrected chi connectivity index (χ3v) is 4.89. The van der Waals surface area contributed by atoms with Crippen molar-refractivity contribution in [3.63, 3.8) is 0 Å². The van der Waals surface area contributed by atoms with Crippen LogP contribution in [0.2, 0.25) is 0 Å². The van der Waals surface area contributed by atoms with Gasteiger partial charge in [0.1, 0.15) is 11.3 Å². The van der Waals surface area contributed by atoms with Crippen molar-refractivity contribution in [2.24, 2.45) is 0 Å². The lowest BCUT2D eigenvalue weighted by Crippen LogP contribution is -2.13. The summed E-state index contributed by atoms with van der Waals surface area (Å²) in [7, 11) is -3.41. The predicted octanol–water partition coefficient (Wildman–Crippen LogP) is 4.72. The number of benzene rings is 3. The number of amides is 1. The van der Waals surface area contributed by atoms with Crippen molar-refractivity contribution in [3.05, 3.63) is 84.4 Å². The topological polar surface area (TPSA) is 88.4 Å². The molecule has 146 valence electrons. The molecule has 0 bridgehead atoms. The van der Waals surface area contributed by atoms with E-state index in [0.29, 0.717) is 16.9 Å². The summed E-state index contributed by atoms with van der Waals surface area (Å²) in [6.45, 7) is 0. The van der Waals surface area contributed by atoms with E-state index in [4.69, 9.17) is 4.42 Å². The fourth-order valence-electron chi connectivity index (χ4n) is 2.98. The number of rotatable bonds is 5. The molecule has 0 spiro atoms. The van der Waals surface area contributed by atoms with E-state index in [1.54, 1.807) is 30.3 Å². The summed E-state index contributed by atoms with van der Waals surface area (Å²) in [4.78, 5) is 12.5. The van der Waals surface area contributed by atoms with Gasteiger partial charge >= 0.3 is 0 Å². The molecular formula is C22H18N2O4S. The first-order valence-corrected chi connectivity index (χ1v) is 10.7. The Hall–Kier alpha value is -3.58. The van der Waals surface area contributed by atoms with Gasteiger partial charge in [0.15, 0.2) is 0 Å². The van der Waals surface area contributed by atoms with E-state index in [-0.39, 0.29) is 5.91 Å². The lowest BCUT2D eigenvalue weighted by atomic mass is 10.1. The van der Waals surface area contributed by atoms with E-state index in [9.17, 15) is 13.2 Å². The molecule has 2 N–H and O–H groups in total. The van der Waals surface area contributed by atoms with Crippen molar-refractivity contribution in [1.82, 2.24) is 0 Å². The average molecular weight is 406 g/mol. The molecule has 0 aliphatic rings. The second kappa shape index (κ2) is 7.44. The normalized spacial score (nSPS) is 11.3. The lowest BCUT2D eigenvalue weighted by Gasteiger charge is -2.08. The van der Waals surface area contributed by atoms with Gasteiger partial charge < -0.3 is 9.73 Å². The summed E-state index contributed by atoms with van der Waals surface area (Å²) in [6.07, 6.45) is 1.06. The summed E-state index contributed by atoms with van der Waals surface area (Å²) in [5, 5.41) is 3.84. The van der Waals surface area contributed by atoms with Gasteiger partial charge in [0.25, 0.3) is 5.91 Å². The number of nitrogens with one attached hydrogen (secondary N) is 2. The van der Waals surface area contributed by atoms with Crippen LogP contribution in [0, 0.1) is 0 Å². The van der Waals surface area contributed by atoms with Crippen molar-refractivity contribution >= 4 is 38.3 Å². The molecule has 0 atom stereocenters. The molecular weight excluding hydrogens is 388 g/mol. The van der Waals surface area contributed by atoms with Gasteiger partial charge in [0.05, 0.1) is 6.26 Å². The number of anilines is 2. The summed E-state index contributed by atoms with van der Waals surface area (Å²) in [6, 6.07) is 23.4. The highest BCUT2D eigenvalue weighted by molar-refractivity contribution is 7.92. The van der Waals surface area contributed by atoms with E-state index in [1.165, 1.54) is 6.07 Å². The van der Waals surface area contributed by atoms with Gasteiger partial charge in [-0.05, 0) is 54.6 Å². The minimum Gasteiger partial charge on any atom is -0.456 e. The molecule has 0 aliphatic heterocycles. The van der Waals surface area contributed by atoms with Crippen LogP contribution >= 0.6 is 0 Å². The van der Waals surface area contributed by atoms with Gasteiger partial charge in [-0.15, -0.1) is 0 Å². The Morgan fingerprint density at radius 1 is 0.862 bits per heavy atom.